The molecule has 20 heavy (non-hydrogen) atoms. The molecule has 0 spiro atoms. The number of aromatic nitrogens is 1. The van der Waals surface area contributed by atoms with Gasteiger partial charge in [-0.3, -0.25) is 9.69 Å². The Labute approximate surface area is 120 Å². The van der Waals surface area contributed by atoms with Crippen LogP contribution < -0.4 is 5.32 Å². The molecule has 0 radical (unpaired) electrons. The van der Waals surface area contributed by atoms with Crippen molar-refractivity contribution in [2.24, 2.45) is 0 Å². The van der Waals surface area contributed by atoms with Crippen molar-refractivity contribution in [3.05, 3.63) is 36.5 Å². The number of carbonyl (C=O) groups is 1. The molecule has 1 amide bonds. The Hall–Kier alpha value is -1.72. The van der Waals surface area contributed by atoms with Gasteiger partial charge in [0.2, 0.25) is 5.91 Å². The zero-order valence-corrected chi connectivity index (χ0v) is 12.2. The molecule has 0 aromatic carbocycles. The number of amides is 1. The predicted octanol–water partition coefficient (Wildman–Crippen LogP) is 1.59. The average Bonchev–Trinajstić information content (AvgIpc) is 2.35. The standard InChI is InChI=1S/C15H23N3O2/c1-4-5-8-13(19)10-18(3)11-15(20)17-14-9-6-7-12(2)16-14/h4,6-7,9,13,19H,1,5,8,10-11H2,2-3H3,(H,16,17,20). The van der Waals surface area contributed by atoms with Crippen LogP contribution in [-0.4, -0.2) is 47.1 Å². The van der Waals surface area contributed by atoms with E-state index in [-0.39, 0.29) is 12.5 Å². The van der Waals surface area contributed by atoms with E-state index in [0.717, 1.165) is 12.1 Å². The second kappa shape index (κ2) is 8.45. The van der Waals surface area contributed by atoms with Crippen LogP contribution in [0.5, 0.6) is 0 Å². The first-order valence-corrected chi connectivity index (χ1v) is 6.72. The molecule has 2 N–H and O–H groups in total. The third-order valence-corrected chi connectivity index (χ3v) is 2.80. The van der Waals surface area contributed by atoms with Gasteiger partial charge >= 0.3 is 0 Å². The summed E-state index contributed by atoms with van der Waals surface area (Å²) in [7, 11) is 1.81. The first-order chi connectivity index (χ1) is 9.51. The highest BCUT2D eigenvalue weighted by atomic mass is 16.3. The van der Waals surface area contributed by atoms with Crippen molar-refractivity contribution >= 4 is 11.7 Å². The fourth-order valence-electron chi connectivity index (χ4n) is 1.87. The number of aliphatic hydroxyl groups is 1. The molecule has 0 aliphatic heterocycles. The van der Waals surface area contributed by atoms with E-state index in [0.29, 0.717) is 18.8 Å². The maximum absolute atomic E-state index is 11.8. The lowest BCUT2D eigenvalue weighted by Gasteiger charge is -2.19. The van der Waals surface area contributed by atoms with Crippen LogP contribution >= 0.6 is 0 Å². The molecular weight excluding hydrogens is 254 g/mol. The van der Waals surface area contributed by atoms with E-state index < -0.39 is 6.10 Å². The third kappa shape index (κ3) is 6.45. The molecule has 0 aliphatic rings. The number of allylic oxidation sites excluding steroid dienone is 1. The number of nitrogens with one attached hydrogen (secondary N) is 1. The fourth-order valence-corrected chi connectivity index (χ4v) is 1.87. The molecule has 1 unspecified atom stereocenters. The van der Waals surface area contributed by atoms with Crippen molar-refractivity contribution < 1.29 is 9.90 Å². The summed E-state index contributed by atoms with van der Waals surface area (Å²) < 4.78 is 0. The van der Waals surface area contributed by atoms with Gasteiger partial charge in [-0.15, -0.1) is 6.58 Å². The number of rotatable bonds is 8. The highest BCUT2D eigenvalue weighted by Gasteiger charge is 2.11. The van der Waals surface area contributed by atoms with Gasteiger partial charge in [0.25, 0.3) is 0 Å². The number of pyridine rings is 1. The molecule has 0 aliphatic carbocycles. The normalized spacial score (nSPS) is 12.2. The summed E-state index contributed by atoms with van der Waals surface area (Å²) in [5.41, 5.74) is 0.857. The lowest BCUT2D eigenvalue weighted by molar-refractivity contribution is -0.117. The average molecular weight is 277 g/mol. The van der Waals surface area contributed by atoms with Gasteiger partial charge in [-0.2, -0.15) is 0 Å². The summed E-state index contributed by atoms with van der Waals surface area (Å²) in [6, 6.07) is 5.47. The minimum absolute atomic E-state index is 0.137. The number of aryl methyl sites for hydroxylation is 1. The number of likely N-dealkylation sites (N-methyl/N-ethyl adjacent to an activating group) is 1. The monoisotopic (exact) mass is 277 g/mol. The zero-order valence-electron chi connectivity index (χ0n) is 12.2. The highest BCUT2D eigenvalue weighted by Crippen LogP contribution is 2.04. The summed E-state index contributed by atoms with van der Waals surface area (Å²) >= 11 is 0. The first-order valence-electron chi connectivity index (χ1n) is 6.72. The largest absolute Gasteiger partial charge is 0.392 e. The Morgan fingerprint density at radius 3 is 3.00 bits per heavy atom. The van der Waals surface area contributed by atoms with Crippen molar-refractivity contribution in [2.75, 3.05) is 25.5 Å². The molecule has 0 bridgehead atoms. The summed E-state index contributed by atoms with van der Waals surface area (Å²) in [5, 5.41) is 12.5. The molecule has 1 heterocycles. The molecule has 5 heteroatoms. The van der Waals surface area contributed by atoms with Gasteiger partial charge < -0.3 is 10.4 Å². The Balaban J connectivity index is 2.36. The smallest absolute Gasteiger partial charge is 0.239 e. The van der Waals surface area contributed by atoms with Crippen LogP contribution in [0.25, 0.3) is 0 Å². The molecule has 0 fully saturated rings. The van der Waals surface area contributed by atoms with Crippen LogP contribution in [0.2, 0.25) is 0 Å². The van der Waals surface area contributed by atoms with Crippen LogP contribution in [0.4, 0.5) is 5.82 Å². The van der Waals surface area contributed by atoms with Crippen molar-refractivity contribution in [3.63, 3.8) is 0 Å². The Kier molecular flexibility index (Phi) is 6.90. The van der Waals surface area contributed by atoms with E-state index >= 15 is 0 Å². The topological polar surface area (TPSA) is 65.5 Å². The third-order valence-electron chi connectivity index (χ3n) is 2.80. The van der Waals surface area contributed by atoms with Crippen molar-refractivity contribution in [1.29, 1.82) is 0 Å². The van der Waals surface area contributed by atoms with Crippen LogP contribution in [0, 0.1) is 6.92 Å². The van der Waals surface area contributed by atoms with Crippen LogP contribution in [0.15, 0.2) is 30.9 Å². The summed E-state index contributed by atoms with van der Waals surface area (Å²) in [4.78, 5) is 17.8. The van der Waals surface area contributed by atoms with E-state index in [1.807, 2.05) is 19.1 Å². The SMILES string of the molecule is C=CCCC(O)CN(C)CC(=O)Nc1cccc(C)n1. The van der Waals surface area contributed by atoms with Crippen LogP contribution in [0.1, 0.15) is 18.5 Å². The summed E-state index contributed by atoms with van der Waals surface area (Å²) in [6.07, 6.45) is 2.77. The molecule has 0 saturated carbocycles. The van der Waals surface area contributed by atoms with E-state index in [4.69, 9.17) is 0 Å². The maximum Gasteiger partial charge on any atom is 0.239 e. The quantitative estimate of drug-likeness (QED) is 0.708. The van der Waals surface area contributed by atoms with E-state index in [1.54, 1.807) is 24.1 Å². The van der Waals surface area contributed by atoms with Crippen molar-refractivity contribution in [2.45, 2.75) is 25.9 Å². The van der Waals surface area contributed by atoms with Gasteiger partial charge in [0.1, 0.15) is 5.82 Å². The predicted molar refractivity (Wildman–Crippen MR) is 80.5 cm³/mol. The Morgan fingerprint density at radius 1 is 1.60 bits per heavy atom. The number of anilines is 1. The van der Waals surface area contributed by atoms with Gasteiger partial charge in [-0.1, -0.05) is 12.1 Å². The lowest BCUT2D eigenvalue weighted by atomic mass is 10.2. The Morgan fingerprint density at radius 2 is 2.35 bits per heavy atom. The van der Waals surface area contributed by atoms with Crippen molar-refractivity contribution in [3.8, 4) is 0 Å². The molecular formula is C15H23N3O2. The van der Waals surface area contributed by atoms with Gasteiger partial charge in [0.15, 0.2) is 0 Å². The van der Waals surface area contributed by atoms with Crippen LogP contribution in [-0.2, 0) is 4.79 Å². The van der Waals surface area contributed by atoms with Crippen LogP contribution in [0.3, 0.4) is 0 Å². The molecule has 1 aromatic rings. The first kappa shape index (κ1) is 16.3. The number of aliphatic hydroxyl groups excluding tert-OH is 1. The summed E-state index contributed by atoms with van der Waals surface area (Å²) in [6.45, 7) is 6.17. The molecule has 110 valence electrons. The van der Waals surface area contributed by atoms with Gasteiger partial charge in [0, 0.05) is 12.2 Å². The maximum atomic E-state index is 11.8. The lowest BCUT2D eigenvalue weighted by Crippen LogP contribution is -2.35. The summed E-state index contributed by atoms with van der Waals surface area (Å²) in [5.74, 6) is 0.414. The van der Waals surface area contributed by atoms with E-state index in [2.05, 4.69) is 16.9 Å². The second-order valence-electron chi connectivity index (χ2n) is 4.93. The molecule has 1 rings (SSSR count). The minimum Gasteiger partial charge on any atom is -0.392 e. The van der Waals surface area contributed by atoms with Gasteiger partial charge in [0.05, 0.1) is 12.6 Å². The van der Waals surface area contributed by atoms with Gasteiger partial charge in [-0.25, -0.2) is 4.98 Å². The van der Waals surface area contributed by atoms with Gasteiger partial charge in [-0.05, 0) is 38.9 Å². The number of hydrogen-bond donors (Lipinski definition) is 2. The van der Waals surface area contributed by atoms with E-state index in [9.17, 15) is 9.90 Å². The molecule has 1 atom stereocenters. The number of nitrogens with zero attached hydrogens (tertiary/aromatic N) is 2. The molecule has 5 nitrogen and oxygen atoms in total. The fraction of sp³-hybridized carbons (Fsp3) is 0.467. The van der Waals surface area contributed by atoms with Crippen molar-refractivity contribution in [1.82, 2.24) is 9.88 Å². The highest BCUT2D eigenvalue weighted by molar-refractivity contribution is 5.91. The number of hydrogen-bond acceptors (Lipinski definition) is 4. The number of carbonyl (C=O) groups excluding carboxylic acids is 1. The molecule has 0 saturated heterocycles. The zero-order chi connectivity index (χ0) is 15.0. The molecule has 1 aromatic heterocycles. The van der Waals surface area contributed by atoms with E-state index in [1.165, 1.54) is 0 Å². The minimum atomic E-state index is -0.442. The second-order valence-corrected chi connectivity index (χ2v) is 4.93. The Bertz CT molecular complexity index is 448.